The number of rotatable bonds is 1. The molecule has 1 aromatic heterocycles. The van der Waals surface area contributed by atoms with Gasteiger partial charge in [0.05, 0.1) is 11.0 Å². The van der Waals surface area contributed by atoms with Crippen molar-refractivity contribution in [1.29, 1.82) is 0 Å². The molecule has 1 heterocycles. The second-order valence-corrected chi connectivity index (χ2v) is 6.53. The van der Waals surface area contributed by atoms with Crippen LogP contribution in [0.1, 0.15) is 51.4 Å². The number of fused-ring (bicyclic) bond motifs is 1. The first-order chi connectivity index (χ1) is 8.99. The first-order valence-corrected chi connectivity index (χ1v) is 7.23. The predicted octanol–water partition coefficient (Wildman–Crippen LogP) is 4.07. The van der Waals surface area contributed by atoms with Crippen molar-refractivity contribution in [3.8, 4) is 0 Å². The summed E-state index contributed by atoms with van der Waals surface area (Å²) in [6.07, 6.45) is 5.22. The van der Waals surface area contributed by atoms with Crippen LogP contribution in [0.25, 0.3) is 11.0 Å². The van der Waals surface area contributed by atoms with Crippen LogP contribution >= 0.6 is 0 Å². The first kappa shape index (κ1) is 12.5. The van der Waals surface area contributed by atoms with Gasteiger partial charge < -0.3 is 10.3 Å². The van der Waals surface area contributed by atoms with Gasteiger partial charge in [0, 0.05) is 11.7 Å². The standard InChI is InChI=1S/C16H23N3/c1-11-18-13-10-12(17)7-8-14(13)19(11)15-6-4-5-9-16(15,2)3/h7-8,10,15H,4-6,9,17H2,1-3H3. The predicted molar refractivity (Wildman–Crippen MR) is 80.2 cm³/mol. The van der Waals surface area contributed by atoms with Gasteiger partial charge in [-0.1, -0.05) is 26.7 Å². The molecule has 2 N–H and O–H groups in total. The SMILES string of the molecule is Cc1nc2cc(N)ccc2n1C1CCCCC1(C)C. The summed E-state index contributed by atoms with van der Waals surface area (Å²) < 4.78 is 2.44. The highest BCUT2D eigenvalue weighted by Gasteiger charge is 2.34. The average Bonchev–Trinajstić information content (AvgIpc) is 2.64. The molecule has 19 heavy (non-hydrogen) atoms. The minimum atomic E-state index is 0.345. The van der Waals surface area contributed by atoms with Crippen molar-refractivity contribution in [3.63, 3.8) is 0 Å². The summed E-state index contributed by atoms with van der Waals surface area (Å²) in [5.41, 5.74) is 9.26. The Morgan fingerprint density at radius 2 is 2.11 bits per heavy atom. The summed E-state index contributed by atoms with van der Waals surface area (Å²) in [5.74, 6) is 1.11. The lowest BCUT2D eigenvalue weighted by molar-refractivity contribution is 0.146. The van der Waals surface area contributed by atoms with E-state index in [1.54, 1.807) is 0 Å². The fraction of sp³-hybridized carbons (Fsp3) is 0.562. The summed E-state index contributed by atoms with van der Waals surface area (Å²) in [6.45, 7) is 6.89. The molecular formula is C16H23N3. The van der Waals surface area contributed by atoms with Crippen LogP contribution in [0.4, 0.5) is 5.69 Å². The third-order valence-corrected chi connectivity index (χ3v) is 4.65. The molecule has 1 fully saturated rings. The van der Waals surface area contributed by atoms with Gasteiger partial charge in [-0.25, -0.2) is 4.98 Å². The second-order valence-electron chi connectivity index (χ2n) is 6.53. The molecular weight excluding hydrogens is 234 g/mol. The van der Waals surface area contributed by atoms with E-state index in [0.717, 1.165) is 17.0 Å². The van der Waals surface area contributed by atoms with E-state index in [1.807, 2.05) is 12.1 Å². The number of nitrogens with zero attached hydrogens (tertiary/aromatic N) is 2. The van der Waals surface area contributed by atoms with E-state index in [2.05, 4.69) is 31.4 Å². The van der Waals surface area contributed by atoms with E-state index in [9.17, 15) is 0 Å². The Hall–Kier alpha value is -1.51. The number of imidazole rings is 1. The van der Waals surface area contributed by atoms with Crippen LogP contribution in [-0.4, -0.2) is 9.55 Å². The van der Waals surface area contributed by atoms with Gasteiger partial charge in [0.25, 0.3) is 0 Å². The van der Waals surface area contributed by atoms with Crippen molar-refractivity contribution >= 4 is 16.7 Å². The highest BCUT2D eigenvalue weighted by atomic mass is 15.1. The quantitative estimate of drug-likeness (QED) is 0.783. The normalized spacial score (nSPS) is 22.8. The molecule has 3 rings (SSSR count). The largest absolute Gasteiger partial charge is 0.399 e. The molecule has 1 atom stereocenters. The molecule has 3 nitrogen and oxygen atoms in total. The fourth-order valence-corrected chi connectivity index (χ4v) is 3.58. The molecule has 1 unspecified atom stereocenters. The Morgan fingerprint density at radius 3 is 2.84 bits per heavy atom. The van der Waals surface area contributed by atoms with Crippen molar-refractivity contribution in [2.75, 3.05) is 5.73 Å². The van der Waals surface area contributed by atoms with Gasteiger partial charge in [0.2, 0.25) is 0 Å². The van der Waals surface area contributed by atoms with Crippen LogP contribution in [0.15, 0.2) is 18.2 Å². The van der Waals surface area contributed by atoms with E-state index >= 15 is 0 Å². The van der Waals surface area contributed by atoms with Gasteiger partial charge in [-0.3, -0.25) is 0 Å². The van der Waals surface area contributed by atoms with E-state index in [-0.39, 0.29) is 0 Å². The maximum Gasteiger partial charge on any atom is 0.106 e. The van der Waals surface area contributed by atoms with Crippen molar-refractivity contribution < 1.29 is 0 Å². The maximum absolute atomic E-state index is 5.87. The lowest BCUT2D eigenvalue weighted by Crippen LogP contribution is -2.31. The zero-order valence-electron chi connectivity index (χ0n) is 12.1. The molecule has 1 aliphatic carbocycles. The minimum Gasteiger partial charge on any atom is -0.399 e. The summed E-state index contributed by atoms with van der Waals surface area (Å²) in [5, 5.41) is 0. The number of hydrogen-bond acceptors (Lipinski definition) is 2. The van der Waals surface area contributed by atoms with Gasteiger partial charge in [-0.05, 0) is 43.4 Å². The minimum absolute atomic E-state index is 0.345. The Balaban J connectivity index is 2.16. The number of nitrogen functional groups attached to an aromatic ring is 1. The molecule has 1 saturated carbocycles. The monoisotopic (exact) mass is 257 g/mol. The Morgan fingerprint density at radius 1 is 1.32 bits per heavy atom. The zero-order valence-corrected chi connectivity index (χ0v) is 12.1. The molecule has 0 aliphatic heterocycles. The second kappa shape index (κ2) is 4.26. The van der Waals surface area contributed by atoms with Crippen LogP contribution in [0, 0.1) is 12.3 Å². The summed E-state index contributed by atoms with van der Waals surface area (Å²) in [4.78, 5) is 4.70. The lowest BCUT2D eigenvalue weighted by atomic mass is 9.73. The number of anilines is 1. The first-order valence-electron chi connectivity index (χ1n) is 7.23. The van der Waals surface area contributed by atoms with Crippen molar-refractivity contribution in [3.05, 3.63) is 24.0 Å². The van der Waals surface area contributed by atoms with Crippen molar-refractivity contribution in [2.24, 2.45) is 5.41 Å². The zero-order chi connectivity index (χ0) is 13.6. The third kappa shape index (κ3) is 2.01. The van der Waals surface area contributed by atoms with Crippen molar-refractivity contribution in [1.82, 2.24) is 9.55 Å². The van der Waals surface area contributed by atoms with Crippen LogP contribution in [0.3, 0.4) is 0 Å². The summed E-state index contributed by atoms with van der Waals surface area (Å²) in [6, 6.07) is 6.63. The van der Waals surface area contributed by atoms with E-state index in [4.69, 9.17) is 10.7 Å². The molecule has 2 aromatic rings. The maximum atomic E-state index is 5.87. The van der Waals surface area contributed by atoms with Crippen LogP contribution < -0.4 is 5.73 Å². The number of aryl methyl sites for hydroxylation is 1. The molecule has 1 aliphatic rings. The number of benzene rings is 1. The van der Waals surface area contributed by atoms with Gasteiger partial charge in [-0.15, -0.1) is 0 Å². The summed E-state index contributed by atoms with van der Waals surface area (Å²) in [7, 11) is 0. The Bertz CT molecular complexity index is 610. The van der Waals surface area contributed by atoms with Gasteiger partial charge in [-0.2, -0.15) is 0 Å². The number of aromatic nitrogens is 2. The van der Waals surface area contributed by atoms with E-state index in [1.165, 1.54) is 31.2 Å². The Kier molecular flexibility index (Phi) is 2.80. The lowest BCUT2D eigenvalue weighted by Gasteiger charge is -2.40. The third-order valence-electron chi connectivity index (χ3n) is 4.65. The fourth-order valence-electron chi connectivity index (χ4n) is 3.58. The molecule has 0 amide bonds. The molecule has 0 bridgehead atoms. The number of hydrogen-bond donors (Lipinski definition) is 1. The highest BCUT2D eigenvalue weighted by Crippen LogP contribution is 2.45. The highest BCUT2D eigenvalue weighted by molar-refractivity contribution is 5.79. The Labute approximate surface area is 114 Å². The molecule has 0 saturated heterocycles. The number of nitrogens with two attached hydrogens (primary N) is 1. The van der Waals surface area contributed by atoms with Crippen LogP contribution in [0.5, 0.6) is 0 Å². The van der Waals surface area contributed by atoms with Gasteiger partial charge in [0.1, 0.15) is 5.82 Å². The molecule has 0 spiro atoms. The van der Waals surface area contributed by atoms with Gasteiger partial charge in [0.15, 0.2) is 0 Å². The topological polar surface area (TPSA) is 43.8 Å². The van der Waals surface area contributed by atoms with E-state index < -0.39 is 0 Å². The molecule has 0 radical (unpaired) electrons. The smallest absolute Gasteiger partial charge is 0.106 e. The summed E-state index contributed by atoms with van der Waals surface area (Å²) >= 11 is 0. The van der Waals surface area contributed by atoms with E-state index in [0.29, 0.717) is 11.5 Å². The van der Waals surface area contributed by atoms with Crippen LogP contribution in [0.2, 0.25) is 0 Å². The van der Waals surface area contributed by atoms with Crippen LogP contribution in [-0.2, 0) is 0 Å². The average molecular weight is 257 g/mol. The molecule has 1 aromatic carbocycles. The van der Waals surface area contributed by atoms with Crippen molar-refractivity contribution in [2.45, 2.75) is 52.5 Å². The van der Waals surface area contributed by atoms with Gasteiger partial charge >= 0.3 is 0 Å². The molecule has 102 valence electrons. The molecule has 3 heteroatoms.